The van der Waals surface area contributed by atoms with E-state index in [1.54, 1.807) is 4.90 Å². The van der Waals surface area contributed by atoms with Crippen molar-refractivity contribution in [2.45, 2.75) is 77.0 Å². The van der Waals surface area contributed by atoms with Crippen LogP contribution in [0.2, 0.25) is 0 Å². The fourth-order valence-corrected chi connectivity index (χ4v) is 13.8. The molecular formula is C57H55NO5. The molecule has 1 amide bonds. The number of ether oxygens (including phenoxy) is 1. The summed E-state index contributed by atoms with van der Waals surface area (Å²) < 4.78 is 6.24. The molecule has 6 aromatic carbocycles. The third-order valence-corrected chi connectivity index (χ3v) is 17.1. The molecule has 3 fully saturated rings. The molecule has 2 bridgehead atoms. The quantitative estimate of drug-likeness (QED) is 0.118. The SMILES string of the molecule is CC12CCC(O)CC13C=CC1(C(C(=O)c4ccccc4-c4ccccc4)=C3)C2CCC2(C)C1CCC2(O)CN(Cc1cccc2ccccc12)C(=O)Oc1ccc2ccccc2c1. The van der Waals surface area contributed by atoms with Crippen LogP contribution >= 0.6 is 0 Å². The van der Waals surface area contributed by atoms with Gasteiger partial charge in [0.05, 0.1) is 18.2 Å². The van der Waals surface area contributed by atoms with Gasteiger partial charge in [-0.15, -0.1) is 0 Å². The van der Waals surface area contributed by atoms with Crippen LogP contribution in [0.15, 0.2) is 163 Å². The molecule has 3 saturated carbocycles. The molecule has 6 aliphatic carbocycles. The number of fused-ring (bicyclic) bond motifs is 3. The van der Waals surface area contributed by atoms with Crippen molar-refractivity contribution in [1.82, 2.24) is 4.90 Å². The first-order valence-corrected chi connectivity index (χ1v) is 22.9. The van der Waals surface area contributed by atoms with E-state index in [1.165, 1.54) is 0 Å². The highest BCUT2D eigenvalue weighted by Crippen LogP contribution is 2.78. The molecule has 2 N–H and O–H groups in total. The van der Waals surface area contributed by atoms with Crippen LogP contribution in [0.1, 0.15) is 74.7 Å². The van der Waals surface area contributed by atoms with E-state index in [9.17, 15) is 15.0 Å². The number of benzene rings is 6. The predicted octanol–water partition coefficient (Wildman–Crippen LogP) is 12.1. The second-order valence-corrected chi connectivity index (χ2v) is 19.9. The maximum atomic E-state index is 15.7. The Morgan fingerprint density at radius 2 is 1.38 bits per heavy atom. The van der Waals surface area contributed by atoms with Gasteiger partial charge in [-0.2, -0.15) is 0 Å². The van der Waals surface area contributed by atoms with Gasteiger partial charge in [-0.05, 0) is 113 Å². The fraction of sp³-hybridized carbons (Fsp3) is 0.333. The summed E-state index contributed by atoms with van der Waals surface area (Å²) in [6.45, 7) is 4.98. The summed E-state index contributed by atoms with van der Waals surface area (Å²) in [5.41, 5.74) is 1.15. The molecule has 8 unspecified atom stereocenters. The lowest BCUT2D eigenvalue weighted by Gasteiger charge is -2.71. The van der Waals surface area contributed by atoms with E-state index in [-0.39, 0.29) is 36.1 Å². The zero-order chi connectivity index (χ0) is 43.2. The molecule has 6 heteroatoms. The minimum Gasteiger partial charge on any atom is -0.410 e. The molecule has 318 valence electrons. The Kier molecular flexibility index (Phi) is 9.28. The third-order valence-electron chi connectivity index (χ3n) is 17.1. The van der Waals surface area contributed by atoms with Crippen LogP contribution in [0.5, 0.6) is 5.75 Å². The maximum Gasteiger partial charge on any atom is 0.415 e. The zero-order valence-electron chi connectivity index (χ0n) is 36.2. The lowest BCUT2D eigenvalue weighted by Crippen LogP contribution is -2.67. The van der Waals surface area contributed by atoms with Gasteiger partial charge in [0.1, 0.15) is 5.75 Å². The van der Waals surface area contributed by atoms with Crippen LogP contribution in [0.25, 0.3) is 32.7 Å². The molecule has 63 heavy (non-hydrogen) atoms. The molecular weight excluding hydrogens is 779 g/mol. The van der Waals surface area contributed by atoms with Crippen molar-refractivity contribution >= 4 is 33.4 Å². The number of aliphatic hydroxyl groups is 2. The number of aliphatic hydroxyl groups excluding tert-OH is 1. The van der Waals surface area contributed by atoms with Gasteiger partial charge >= 0.3 is 6.09 Å². The highest BCUT2D eigenvalue weighted by molar-refractivity contribution is 6.14. The van der Waals surface area contributed by atoms with Crippen LogP contribution in [0.3, 0.4) is 0 Å². The number of hydrogen-bond donors (Lipinski definition) is 2. The Morgan fingerprint density at radius 1 is 0.698 bits per heavy atom. The van der Waals surface area contributed by atoms with Crippen molar-refractivity contribution in [2.24, 2.45) is 33.5 Å². The molecule has 2 spiro atoms. The van der Waals surface area contributed by atoms with Gasteiger partial charge in [-0.1, -0.05) is 159 Å². The van der Waals surface area contributed by atoms with Gasteiger partial charge in [0.25, 0.3) is 0 Å². The first-order valence-electron chi connectivity index (χ1n) is 22.9. The number of carbonyl (C=O) groups is 2. The second-order valence-electron chi connectivity index (χ2n) is 19.9. The first kappa shape index (κ1) is 40.0. The molecule has 0 heterocycles. The molecule has 6 nitrogen and oxygen atoms in total. The lowest BCUT2D eigenvalue weighted by atomic mass is 9.32. The van der Waals surface area contributed by atoms with Crippen molar-refractivity contribution in [3.63, 3.8) is 0 Å². The van der Waals surface area contributed by atoms with Crippen molar-refractivity contribution in [3.05, 3.63) is 174 Å². The van der Waals surface area contributed by atoms with Gasteiger partial charge in [-0.25, -0.2) is 4.79 Å². The van der Waals surface area contributed by atoms with Crippen LogP contribution in [0, 0.1) is 33.5 Å². The number of Topliss-reactive ketones (excluding diaryl/α,β-unsaturated/α-hetero) is 1. The van der Waals surface area contributed by atoms with Crippen molar-refractivity contribution in [3.8, 4) is 16.9 Å². The molecule has 8 atom stereocenters. The van der Waals surface area contributed by atoms with Gasteiger partial charge in [0.2, 0.25) is 0 Å². The van der Waals surface area contributed by atoms with Crippen molar-refractivity contribution in [1.29, 1.82) is 0 Å². The smallest absolute Gasteiger partial charge is 0.410 e. The van der Waals surface area contributed by atoms with Gasteiger partial charge in [0.15, 0.2) is 5.78 Å². The molecule has 0 saturated heterocycles. The number of carbonyl (C=O) groups excluding carboxylic acids is 2. The lowest BCUT2D eigenvalue weighted by molar-refractivity contribution is -0.175. The Bertz CT molecular complexity index is 2860. The van der Waals surface area contributed by atoms with E-state index in [0.717, 1.165) is 69.5 Å². The number of allylic oxidation sites excluding steroid dienone is 4. The molecule has 12 rings (SSSR count). The zero-order valence-corrected chi connectivity index (χ0v) is 36.2. The third kappa shape index (κ3) is 5.97. The highest BCUT2D eigenvalue weighted by atomic mass is 16.6. The molecule has 6 aromatic rings. The average Bonchev–Trinajstić information content (AvgIpc) is 3.58. The van der Waals surface area contributed by atoms with E-state index in [1.807, 2.05) is 103 Å². The molecule has 0 aromatic heterocycles. The predicted molar refractivity (Wildman–Crippen MR) is 249 cm³/mol. The largest absolute Gasteiger partial charge is 0.415 e. The van der Waals surface area contributed by atoms with E-state index in [4.69, 9.17) is 4.74 Å². The normalized spacial score (nSPS) is 31.5. The molecule has 0 radical (unpaired) electrons. The molecule has 0 aliphatic heterocycles. The Morgan fingerprint density at radius 3 is 2.22 bits per heavy atom. The molecule has 6 aliphatic rings. The summed E-state index contributed by atoms with van der Waals surface area (Å²) in [6, 6.07) is 46.2. The summed E-state index contributed by atoms with van der Waals surface area (Å²) in [5.74, 6) is 0.542. The maximum absolute atomic E-state index is 15.7. The number of ketones is 1. The van der Waals surface area contributed by atoms with E-state index in [0.29, 0.717) is 30.6 Å². The van der Waals surface area contributed by atoms with Crippen molar-refractivity contribution in [2.75, 3.05) is 6.54 Å². The Hall–Kier alpha value is -5.82. The summed E-state index contributed by atoms with van der Waals surface area (Å²) in [5, 5.41) is 29.0. The number of rotatable bonds is 8. The van der Waals surface area contributed by atoms with Crippen molar-refractivity contribution < 1.29 is 24.5 Å². The van der Waals surface area contributed by atoms with Gasteiger partial charge in [0, 0.05) is 33.9 Å². The summed E-state index contributed by atoms with van der Waals surface area (Å²) in [6.07, 6.45) is 11.0. The van der Waals surface area contributed by atoms with Gasteiger partial charge in [-0.3, -0.25) is 4.79 Å². The minimum atomic E-state index is -1.29. The summed E-state index contributed by atoms with van der Waals surface area (Å²) >= 11 is 0. The summed E-state index contributed by atoms with van der Waals surface area (Å²) in [4.78, 5) is 32.1. The topological polar surface area (TPSA) is 87.1 Å². The number of amides is 1. The number of nitrogens with zero attached hydrogens (tertiary/aromatic N) is 1. The van der Waals surface area contributed by atoms with Crippen LogP contribution < -0.4 is 4.74 Å². The second kappa shape index (κ2) is 14.6. The van der Waals surface area contributed by atoms with E-state index in [2.05, 4.69) is 68.5 Å². The Balaban J connectivity index is 1.000. The standard InChI is InChI=1S/C57H55NO5/c1-53-28-25-43(59)34-55(53)31-32-57(48(35-55)51(60)47-22-11-10-21-46(47)40-14-4-3-5-15-40)49(53)26-29-54(2)50(57)27-30-56(54,62)37-58(36-42-19-12-18-39-16-8-9-20-45(39)42)52(61)63-44-24-23-38-13-6-7-17-41(38)33-44/h3-24,31-33,35,43,49-50,59,62H,25-30,34,36-37H2,1-2H3. The Labute approximate surface area is 369 Å². The monoisotopic (exact) mass is 833 g/mol. The first-order chi connectivity index (χ1) is 30.5. The summed E-state index contributed by atoms with van der Waals surface area (Å²) in [7, 11) is 0. The average molecular weight is 834 g/mol. The van der Waals surface area contributed by atoms with Gasteiger partial charge < -0.3 is 19.8 Å². The van der Waals surface area contributed by atoms with E-state index >= 15 is 4.79 Å². The fourth-order valence-electron chi connectivity index (χ4n) is 13.8. The van der Waals surface area contributed by atoms with E-state index < -0.39 is 34.0 Å². The van der Waals surface area contributed by atoms with Crippen LogP contribution in [0.4, 0.5) is 4.79 Å². The van der Waals surface area contributed by atoms with Crippen LogP contribution in [-0.2, 0) is 6.54 Å². The highest BCUT2D eigenvalue weighted by Gasteiger charge is 2.74. The minimum absolute atomic E-state index is 0.0292. The van der Waals surface area contributed by atoms with Crippen LogP contribution in [-0.4, -0.2) is 45.2 Å². The number of hydrogen-bond acceptors (Lipinski definition) is 5.